The maximum atomic E-state index is 9.25. The number of nitrogens with two attached hydrogens (primary N) is 1. The second kappa shape index (κ2) is 4.78. The number of rotatable bonds is 3. The normalized spacial score (nSPS) is 10.2. The van der Waals surface area contributed by atoms with Gasteiger partial charge in [-0.3, -0.25) is 0 Å². The van der Waals surface area contributed by atoms with Crippen molar-refractivity contribution in [2.45, 2.75) is 13.5 Å². The number of phenols is 1. The highest BCUT2D eigenvalue weighted by Gasteiger charge is 2.03. The Bertz CT molecular complexity index is 523. The number of anilines is 1. The van der Waals surface area contributed by atoms with Crippen molar-refractivity contribution in [3.8, 4) is 11.5 Å². The molecule has 3 heteroatoms. The van der Waals surface area contributed by atoms with Gasteiger partial charge in [-0.2, -0.15) is 0 Å². The molecule has 0 heterocycles. The summed E-state index contributed by atoms with van der Waals surface area (Å²) < 4.78 is 5.68. The number of aryl methyl sites for hydroxylation is 1. The fraction of sp³-hybridized carbons (Fsp3) is 0.143. The van der Waals surface area contributed by atoms with Gasteiger partial charge in [0.1, 0.15) is 18.1 Å². The lowest BCUT2D eigenvalue weighted by molar-refractivity contribution is 0.304. The standard InChI is InChI=1S/C14H15NO2/c1-10-4-2-3-5-14(10)17-9-11-6-7-12(16)8-13(11)15/h2-8,16H,9,15H2,1H3. The summed E-state index contributed by atoms with van der Waals surface area (Å²) in [5.41, 5.74) is 8.28. The molecule has 0 atom stereocenters. The monoisotopic (exact) mass is 229 g/mol. The molecule has 0 unspecified atom stereocenters. The maximum Gasteiger partial charge on any atom is 0.122 e. The highest BCUT2D eigenvalue weighted by Crippen LogP contribution is 2.22. The van der Waals surface area contributed by atoms with E-state index in [0.717, 1.165) is 16.9 Å². The topological polar surface area (TPSA) is 55.5 Å². The van der Waals surface area contributed by atoms with Crippen LogP contribution >= 0.6 is 0 Å². The van der Waals surface area contributed by atoms with Crippen molar-refractivity contribution >= 4 is 5.69 Å². The van der Waals surface area contributed by atoms with Gasteiger partial charge in [0.25, 0.3) is 0 Å². The number of para-hydroxylation sites is 1. The summed E-state index contributed by atoms with van der Waals surface area (Å²) in [6.45, 7) is 2.40. The lowest BCUT2D eigenvalue weighted by Gasteiger charge is -2.10. The molecule has 88 valence electrons. The van der Waals surface area contributed by atoms with Gasteiger partial charge in [-0.15, -0.1) is 0 Å². The molecule has 0 spiro atoms. The first-order valence-corrected chi connectivity index (χ1v) is 5.42. The number of benzene rings is 2. The molecule has 17 heavy (non-hydrogen) atoms. The molecule has 0 aliphatic carbocycles. The smallest absolute Gasteiger partial charge is 0.122 e. The highest BCUT2D eigenvalue weighted by atomic mass is 16.5. The third-order valence-corrected chi connectivity index (χ3v) is 2.61. The van der Waals surface area contributed by atoms with E-state index in [1.165, 1.54) is 6.07 Å². The molecular formula is C14H15NO2. The van der Waals surface area contributed by atoms with Crippen LogP contribution in [0.25, 0.3) is 0 Å². The Labute approximate surface area is 100 Å². The average molecular weight is 229 g/mol. The molecule has 0 aliphatic rings. The van der Waals surface area contributed by atoms with Crippen molar-refractivity contribution in [2.75, 3.05) is 5.73 Å². The summed E-state index contributed by atoms with van der Waals surface area (Å²) in [5, 5.41) is 9.25. The zero-order valence-corrected chi connectivity index (χ0v) is 9.68. The largest absolute Gasteiger partial charge is 0.508 e. The van der Waals surface area contributed by atoms with Crippen LogP contribution in [-0.2, 0) is 6.61 Å². The first-order chi connectivity index (χ1) is 8.16. The number of ether oxygens (including phenoxy) is 1. The summed E-state index contributed by atoms with van der Waals surface area (Å²) in [7, 11) is 0. The minimum Gasteiger partial charge on any atom is -0.508 e. The van der Waals surface area contributed by atoms with Crippen molar-refractivity contribution < 1.29 is 9.84 Å². The number of aromatic hydroxyl groups is 1. The Balaban J connectivity index is 2.10. The molecule has 2 aromatic carbocycles. The molecule has 0 aliphatic heterocycles. The van der Waals surface area contributed by atoms with Gasteiger partial charge in [-0.05, 0) is 30.7 Å². The summed E-state index contributed by atoms with van der Waals surface area (Å²) in [6.07, 6.45) is 0. The van der Waals surface area contributed by atoms with E-state index in [0.29, 0.717) is 12.3 Å². The summed E-state index contributed by atoms with van der Waals surface area (Å²) in [4.78, 5) is 0. The molecule has 0 saturated heterocycles. The zero-order chi connectivity index (χ0) is 12.3. The van der Waals surface area contributed by atoms with Crippen LogP contribution in [0.5, 0.6) is 11.5 Å². The van der Waals surface area contributed by atoms with Crippen molar-refractivity contribution in [1.82, 2.24) is 0 Å². The van der Waals surface area contributed by atoms with Gasteiger partial charge in [0, 0.05) is 17.3 Å². The van der Waals surface area contributed by atoms with Gasteiger partial charge >= 0.3 is 0 Å². The molecule has 2 aromatic rings. The fourth-order valence-corrected chi connectivity index (χ4v) is 1.59. The Morgan fingerprint density at radius 2 is 1.94 bits per heavy atom. The van der Waals surface area contributed by atoms with Crippen LogP contribution in [0.15, 0.2) is 42.5 Å². The van der Waals surface area contributed by atoms with Gasteiger partial charge in [-0.25, -0.2) is 0 Å². The van der Waals surface area contributed by atoms with E-state index >= 15 is 0 Å². The Kier molecular flexibility index (Phi) is 3.19. The predicted molar refractivity (Wildman–Crippen MR) is 68.0 cm³/mol. The Morgan fingerprint density at radius 3 is 2.65 bits per heavy atom. The summed E-state index contributed by atoms with van der Waals surface area (Å²) in [6, 6.07) is 12.7. The van der Waals surface area contributed by atoms with Crippen LogP contribution in [0.2, 0.25) is 0 Å². The molecule has 0 saturated carbocycles. The average Bonchev–Trinajstić information content (AvgIpc) is 2.30. The molecule has 0 bridgehead atoms. The number of hydrogen-bond donors (Lipinski definition) is 2. The lowest BCUT2D eigenvalue weighted by Crippen LogP contribution is -2.00. The molecule has 0 fully saturated rings. The van der Waals surface area contributed by atoms with Crippen LogP contribution in [0, 0.1) is 6.92 Å². The van der Waals surface area contributed by atoms with E-state index in [9.17, 15) is 5.11 Å². The Hall–Kier alpha value is -2.16. The fourth-order valence-electron chi connectivity index (χ4n) is 1.59. The van der Waals surface area contributed by atoms with Crippen LogP contribution in [0.4, 0.5) is 5.69 Å². The van der Waals surface area contributed by atoms with E-state index in [1.54, 1.807) is 12.1 Å². The van der Waals surface area contributed by atoms with Crippen molar-refractivity contribution in [3.63, 3.8) is 0 Å². The summed E-state index contributed by atoms with van der Waals surface area (Å²) in [5.74, 6) is 1.02. The number of hydrogen-bond acceptors (Lipinski definition) is 3. The lowest BCUT2D eigenvalue weighted by atomic mass is 10.2. The number of nitrogen functional groups attached to an aromatic ring is 1. The summed E-state index contributed by atoms with van der Waals surface area (Å²) >= 11 is 0. The SMILES string of the molecule is Cc1ccccc1OCc1ccc(O)cc1N. The van der Waals surface area contributed by atoms with Crippen LogP contribution in [0.1, 0.15) is 11.1 Å². The molecule has 2 rings (SSSR count). The van der Waals surface area contributed by atoms with E-state index < -0.39 is 0 Å². The molecule has 0 amide bonds. The van der Waals surface area contributed by atoms with E-state index in [4.69, 9.17) is 10.5 Å². The third kappa shape index (κ3) is 2.69. The van der Waals surface area contributed by atoms with Crippen LogP contribution < -0.4 is 10.5 Å². The van der Waals surface area contributed by atoms with E-state index in [-0.39, 0.29) is 5.75 Å². The molecule has 3 N–H and O–H groups in total. The van der Waals surface area contributed by atoms with Gasteiger partial charge in [0.05, 0.1) is 0 Å². The van der Waals surface area contributed by atoms with Gasteiger partial charge in [0.2, 0.25) is 0 Å². The van der Waals surface area contributed by atoms with Crippen LogP contribution in [-0.4, -0.2) is 5.11 Å². The first-order valence-electron chi connectivity index (χ1n) is 5.42. The van der Waals surface area contributed by atoms with E-state index in [2.05, 4.69) is 0 Å². The van der Waals surface area contributed by atoms with Gasteiger partial charge in [-0.1, -0.05) is 18.2 Å². The zero-order valence-electron chi connectivity index (χ0n) is 9.68. The Morgan fingerprint density at radius 1 is 1.18 bits per heavy atom. The van der Waals surface area contributed by atoms with Crippen molar-refractivity contribution in [3.05, 3.63) is 53.6 Å². The minimum absolute atomic E-state index is 0.169. The van der Waals surface area contributed by atoms with Gasteiger partial charge in [0.15, 0.2) is 0 Å². The predicted octanol–water partition coefficient (Wildman–Crippen LogP) is 2.86. The van der Waals surface area contributed by atoms with Crippen molar-refractivity contribution in [1.29, 1.82) is 0 Å². The number of phenolic OH excluding ortho intramolecular Hbond substituents is 1. The van der Waals surface area contributed by atoms with Crippen LogP contribution in [0.3, 0.4) is 0 Å². The maximum absolute atomic E-state index is 9.25. The first kappa shape index (κ1) is 11.3. The second-order valence-corrected chi connectivity index (χ2v) is 3.94. The van der Waals surface area contributed by atoms with Crippen molar-refractivity contribution in [2.24, 2.45) is 0 Å². The highest BCUT2D eigenvalue weighted by molar-refractivity contribution is 5.50. The molecule has 0 radical (unpaired) electrons. The third-order valence-electron chi connectivity index (χ3n) is 2.61. The molecular weight excluding hydrogens is 214 g/mol. The van der Waals surface area contributed by atoms with Gasteiger partial charge < -0.3 is 15.6 Å². The molecule has 3 nitrogen and oxygen atoms in total. The minimum atomic E-state index is 0.169. The van der Waals surface area contributed by atoms with E-state index in [1.807, 2.05) is 31.2 Å². The quantitative estimate of drug-likeness (QED) is 0.796. The molecule has 0 aromatic heterocycles. The second-order valence-electron chi connectivity index (χ2n) is 3.94.